The zero-order chi connectivity index (χ0) is 19.6. The number of rotatable bonds is 2. The molecule has 0 saturated carbocycles. The van der Waals surface area contributed by atoms with Gasteiger partial charge in [-0.3, -0.25) is 4.98 Å². The monoisotopic (exact) mass is 402 g/mol. The third kappa shape index (κ3) is 4.24. The number of halogens is 5. The van der Waals surface area contributed by atoms with Gasteiger partial charge in [0.25, 0.3) is 0 Å². The fourth-order valence-electron chi connectivity index (χ4n) is 2.85. The molecule has 2 aromatic rings. The number of oxime groups is 1. The molecule has 0 bridgehead atoms. The molecule has 2 heterocycles. The van der Waals surface area contributed by atoms with Gasteiger partial charge in [-0.2, -0.15) is 13.2 Å². The summed E-state index contributed by atoms with van der Waals surface area (Å²) in [6.45, 7) is 1.94. The normalized spacial score (nSPS) is 16.0. The van der Waals surface area contributed by atoms with Gasteiger partial charge in [-0.15, -0.1) is 0 Å². The summed E-state index contributed by atoms with van der Waals surface area (Å²) < 4.78 is 51.3. The van der Waals surface area contributed by atoms with Crippen LogP contribution in [0, 0.1) is 5.82 Å². The molecule has 3 rings (SSSR count). The lowest BCUT2D eigenvalue weighted by atomic mass is 10.2. The molecule has 27 heavy (non-hydrogen) atoms. The molecule has 0 atom stereocenters. The van der Waals surface area contributed by atoms with Gasteiger partial charge < -0.3 is 15.0 Å². The number of aromatic nitrogens is 1. The molecule has 1 aromatic carbocycles. The first kappa shape index (κ1) is 19.2. The Morgan fingerprint density at radius 3 is 2.26 bits per heavy atom. The molecule has 1 saturated heterocycles. The number of alkyl halides is 3. The molecule has 0 radical (unpaired) electrons. The maximum atomic E-state index is 13.0. The molecule has 0 aliphatic carbocycles. The minimum Gasteiger partial charge on any atom is -0.409 e. The van der Waals surface area contributed by atoms with Crippen molar-refractivity contribution >= 4 is 23.1 Å². The Kier molecular flexibility index (Phi) is 5.41. The average Bonchev–Trinajstić information content (AvgIpc) is 2.64. The summed E-state index contributed by atoms with van der Waals surface area (Å²) in [6.07, 6.45) is -3.91. The van der Waals surface area contributed by atoms with E-state index >= 15 is 0 Å². The fraction of sp³-hybridized carbons (Fsp3) is 0.294. The third-order valence-corrected chi connectivity index (χ3v) is 4.53. The third-order valence-electron chi connectivity index (χ3n) is 4.25. The number of pyridine rings is 1. The molecule has 0 amide bonds. The van der Waals surface area contributed by atoms with Crippen molar-refractivity contribution in [1.82, 2.24) is 9.88 Å². The van der Waals surface area contributed by atoms with Crippen molar-refractivity contribution in [3.63, 3.8) is 0 Å². The summed E-state index contributed by atoms with van der Waals surface area (Å²) in [5, 5.41) is 12.3. The predicted octanol–water partition coefficient (Wildman–Crippen LogP) is 3.85. The van der Waals surface area contributed by atoms with Gasteiger partial charge in [0.1, 0.15) is 11.5 Å². The Morgan fingerprint density at radius 2 is 1.74 bits per heavy atom. The molecule has 10 heteroatoms. The smallest absolute Gasteiger partial charge is 0.409 e. The molecule has 1 fully saturated rings. The van der Waals surface area contributed by atoms with Gasteiger partial charge >= 0.3 is 6.18 Å². The molecule has 1 aliphatic heterocycles. The predicted molar refractivity (Wildman–Crippen MR) is 92.8 cm³/mol. The topological polar surface area (TPSA) is 52.0 Å². The van der Waals surface area contributed by atoms with E-state index in [1.54, 1.807) is 17.0 Å². The SMILES string of the molecule is O/N=C(/c1ncc(C(F)(F)F)cc1Cl)N1CCN(c2ccc(F)cc2)CC1. The van der Waals surface area contributed by atoms with Crippen molar-refractivity contribution in [3.8, 4) is 0 Å². The van der Waals surface area contributed by atoms with E-state index in [9.17, 15) is 22.8 Å². The van der Waals surface area contributed by atoms with Crippen LogP contribution in [0.4, 0.5) is 23.2 Å². The molecule has 1 aliphatic rings. The summed E-state index contributed by atoms with van der Waals surface area (Å²) in [4.78, 5) is 7.44. The van der Waals surface area contributed by atoms with E-state index in [1.807, 2.05) is 4.90 Å². The highest BCUT2D eigenvalue weighted by molar-refractivity contribution is 6.33. The van der Waals surface area contributed by atoms with Crippen LogP contribution in [0.2, 0.25) is 5.02 Å². The van der Waals surface area contributed by atoms with Gasteiger partial charge in [-0.05, 0) is 30.3 Å². The molecule has 5 nitrogen and oxygen atoms in total. The van der Waals surface area contributed by atoms with Crippen molar-refractivity contribution in [2.24, 2.45) is 5.16 Å². The van der Waals surface area contributed by atoms with Gasteiger partial charge in [0.15, 0.2) is 5.84 Å². The van der Waals surface area contributed by atoms with E-state index in [2.05, 4.69) is 10.1 Å². The molecule has 1 aromatic heterocycles. The summed E-state index contributed by atoms with van der Waals surface area (Å²) in [5.41, 5.74) is -0.152. The van der Waals surface area contributed by atoms with Crippen LogP contribution in [0.15, 0.2) is 41.7 Å². The van der Waals surface area contributed by atoms with Crippen molar-refractivity contribution in [3.05, 3.63) is 58.6 Å². The second kappa shape index (κ2) is 7.59. The van der Waals surface area contributed by atoms with Crippen LogP contribution in [0.5, 0.6) is 0 Å². The first-order valence-electron chi connectivity index (χ1n) is 8.00. The number of amidine groups is 1. The van der Waals surface area contributed by atoms with Crippen molar-refractivity contribution in [2.45, 2.75) is 6.18 Å². The molecular weight excluding hydrogens is 388 g/mol. The van der Waals surface area contributed by atoms with Crippen LogP contribution in [0.25, 0.3) is 0 Å². The largest absolute Gasteiger partial charge is 0.417 e. The van der Waals surface area contributed by atoms with E-state index in [1.165, 1.54) is 12.1 Å². The van der Waals surface area contributed by atoms with E-state index in [-0.39, 0.29) is 22.4 Å². The quantitative estimate of drug-likeness (QED) is 0.272. The van der Waals surface area contributed by atoms with Crippen LogP contribution >= 0.6 is 11.6 Å². The highest BCUT2D eigenvalue weighted by Gasteiger charge is 2.32. The standard InChI is InChI=1S/C17H15ClF4N4O/c18-14-9-11(17(20,21)22)10-23-15(14)16(24-27)26-7-5-25(6-8-26)13-3-1-12(19)2-4-13/h1-4,9-10,27H,5-8H2/b24-16-. The van der Waals surface area contributed by atoms with Crippen LogP contribution in [0.1, 0.15) is 11.3 Å². The van der Waals surface area contributed by atoms with Crippen LogP contribution < -0.4 is 4.90 Å². The molecule has 144 valence electrons. The number of hydrogen-bond acceptors (Lipinski definition) is 4. The minimum absolute atomic E-state index is 0.00693. The molecular formula is C17H15ClF4N4O. The van der Waals surface area contributed by atoms with Gasteiger partial charge in [0, 0.05) is 38.1 Å². The maximum Gasteiger partial charge on any atom is 0.417 e. The Bertz CT molecular complexity index is 834. The second-order valence-electron chi connectivity index (χ2n) is 5.93. The minimum atomic E-state index is -4.56. The summed E-state index contributed by atoms with van der Waals surface area (Å²) in [7, 11) is 0. The van der Waals surface area contributed by atoms with E-state index < -0.39 is 11.7 Å². The average molecular weight is 403 g/mol. The lowest BCUT2D eigenvalue weighted by molar-refractivity contribution is -0.137. The molecule has 0 unspecified atom stereocenters. The van der Waals surface area contributed by atoms with Gasteiger partial charge in [-0.1, -0.05) is 16.8 Å². The number of benzene rings is 1. The number of piperazine rings is 1. The van der Waals surface area contributed by atoms with Crippen LogP contribution in [-0.2, 0) is 6.18 Å². The van der Waals surface area contributed by atoms with E-state index in [4.69, 9.17) is 11.6 Å². The van der Waals surface area contributed by atoms with E-state index in [0.29, 0.717) is 32.4 Å². The molecule has 0 spiro atoms. The van der Waals surface area contributed by atoms with Gasteiger partial charge in [0.05, 0.1) is 10.6 Å². The van der Waals surface area contributed by atoms with Crippen LogP contribution in [0.3, 0.4) is 0 Å². The lowest BCUT2D eigenvalue weighted by Crippen LogP contribution is -2.49. The van der Waals surface area contributed by atoms with Crippen LogP contribution in [-0.4, -0.2) is 47.1 Å². The molecule has 1 N–H and O–H groups in total. The van der Waals surface area contributed by atoms with Crippen molar-refractivity contribution in [1.29, 1.82) is 0 Å². The second-order valence-corrected chi connectivity index (χ2v) is 6.33. The zero-order valence-corrected chi connectivity index (χ0v) is 14.7. The lowest BCUT2D eigenvalue weighted by Gasteiger charge is -2.37. The summed E-state index contributed by atoms with van der Waals surface area (Å²) in [5.74, 6) is -0.317. The first-order chi connectivity index (χ1) is 12.8. The fourth-order valence-corrected chi connectivity index (χ4v) is 3.10. The van der Waals surface area contributed by atoms with Crippen molar-refractivity contribution < 1.29 is 22.8 Å². The highest BCUT2D eigenvalue weighted by Crippen LogP contribution is 2.31. The zero-order valence-electron chi connectivity index (χ0n) is 13.9. The van der Waals surface area contributed by atoms with Gasteiger partial charge in [-0.25, -0.2) is 4.39 Å². The van der Waals surface area contributed by atoms with E-state index in [0.717, 1.165) is 11.8 Å². The number of hydrogen-bond donors (Lipinski definition) is 1. The summed E-state index contributed by atoms with van der Waals surface area (Å²) in [6, 6.07) is 6.83. The first-order valence-corrected chi connectivity index (χ1v) is 8.38. The number of nitrogens with zero attached hydrogens (tertiary/aromatic N) is 4. The van der Waals surface area contributed by atoms with Gasteiger partial charge in [0.2, 0.25) is 0 Å². The Balaban J connectivity index is 1.73. The highest BCUT2D eigenvalue weighted by atomic mass is 35.5. The Hall–Kier alpha value is -2.55. The maximum absolute atomic E-state index is 13.0. The summed E-state index contributed by atoms with van der Waals surface area (Å²) >= 11 is 5.94. The Labute approximate surface area is 157 Å². The number of anilines is 1. The Morgan fingerprint density at radius 1 is 1.11 bits per heavy atom. The van der Waals surface area contributed by atoms with Crippen molar-refractivity contribution in [2.75, 3.05) is 31.1 Å².